The second kappa shape index (κ2) is 7.34. The van der Waals surface area contributed by atoms with Crippen molar-refractivity contribution in [1.82, 2.24) is 14.5 Å². The summed E-state index contributed by atoms with van der Waals surface area (Å²) < 4.78 is 20.5. The van der Waals surface area contributed by atoms with E-state index in [4.69, 9.17) is 4.42 Å². The molecule has 3 rings (SSSR count). The molecule has 0 N–H and O–H groups in total. The minimum atomic E-state index is -0.268. The molecule has 2 heterocycles. The third-order valence-corrected chi connectivity index (χ3v) is 3.97. The number of amides is 1. The SMILES string of the molecule is CC(C)N(Cc1nccn1Cc1cccc(F)c1)C(=O)c1ccco1. The highest BCUT2D eigenvalue weighted by Gasteiger charge is 2.22. The summed E-state index contributed by atoms with van der Waals surface area (Å²) in [6.07, 6.45) is 5.00. The Morgan fingerprint density at radius 1 is 1.32 bits per heavy atom. The molecule has 5 nitrogen and oxygen atoms in total. The van der Waals surface area contributed by atoms with Crippen molar-refractivity contribution in [1.29, 1.82) is 0 Å². The number of rotatable bonds is 6. The minimum Gasteiger partial charge on any atom is -0.459 e. The molecular formula is C19H20FN3O2. The molecule has 1 amide bonds. The molecule has 0 unspecified atom stereocenters. The first kappa shape index (κ1) is 17.0. The van der Waals surface area contributed by atoms with E-state index >= 15 is 0 Å². The van der Waals surface area contributed by atoms with Crippen molar-refractivity contribution in [3.05, 3.63) is 78.0 Å². The van der Waals surface area contributed by atoms with Gasteiger partial charge >= 0.3 is 0 Å². The molecular weight excluding hydrogens is 321 g/mol. The van der Waals surface area contributed by atoms with Crippen LogP contribution < -0.4 is 0 Å². The second-order valence-electron chi connectivity index (χ2n) is 6.11. The standard InChI is InChI=1S/C19H20FN3O2/c1-14(2)23(19(24)17-7-4-10-25-17)13-18-21-8-9-22(18)12-15-5-3-6-16(20)11-15/h3-11,14H,12-13H2,1-2H3. The Morgan fingerprint density at radius 2 is 2.16 bits per heavy atom. The highest BCUT2D eigenvalue weighted by Crippen LogP contribution is 2.14. The van der Waals surface area contributed by atoms with Crippen molar-refractivity contribution in [2.45, 2.75) is 33.0 Å². The summed E-state index contributed by atoms with van der Waals surface area (Å²) in [5.74, 6) is 0.589. The van der Waals surface area contributed by atoms with E-state index in [1.165, 1.54) is 18.4 Å². The van der Waals surface area contributed by atoms with E-state index in [9.17, 15) is 9.18 Å². The number of carbonyl (C=O) groups is 1. The van der Waals surface area contributed by atoms with Gasteiger partial charge in [-0.25, -0.2) is 9.37 Å². The molecule has 2 aromatic heterocycles. The number of nitrogens with zero attached hydrogens (tertiary/aromatic N) is 3. The first-order valence-electron chi connectivity index (χ1n) is 8.13. The van der Waals surface area contributed by atoms with Crippen molar-refractivity contribution in [3.8, 4) is 0 Å². The molecule has 0 saturated heterocycles. The second-order valence-corrected chi connectivity index (χ2v) is 6.11. The van der Waals surface area contributed by atoms with Crippen molar-refractivity contribution in [3.63, 3.8) is 0 Å². The van der Waals surface area contributed by atoms with E-state index in [1.807, 2.05) is 30.7 Å². The van der Waals surface area contributed by atoms with Crippen LogP contribution in [-0.4, -0.2) is 26.4 Å². The number of halogens is 1. The Balaban J connectivity index is 1.80. The van der Waals surface area contributed by atoms with Gasteiger partial charge in [0.05, 0.1) is 12.8 Å². The maximum atomic E-state index is 13.4. The Bertz CT molecular complexity index is 840. The van der Waals surface area contributed by atoms with Gasteiger partial charge < -0.3 is 13.9 Å². The summed E-state index contributed by atoms with van der Waals surface area (Å²) in [5.41, 5.74) is 0.840. The molecule has 0 atom stereocenters. The molecule has 130 valence electrons. The summed E-state index contributed by atoms with van der Waals surface area (Å²) in [4.78, 5) is 18.7. The van der Waals surface area contributed by atoms with Crippen LogP contribution in [0.4, 0.5) is 4.39 Å². The largest absolute Gasteiger partial charge is 0.459 e. The van der Waals surface area contributed by atoms with Crippen LogP contribution in [0.5, 0.6) is 0 Å². The molecule has 0 bridgehead atoms. The van der Waals surface area contributed by atoms with Gasteiger partial charge in [0.2, 0.25) is 0 Å². The highest BCUT2D eigenvalue weighted by atomic mass is 19.1. The van der Waals surface area contributed by atoms with E-state index in [-0.39, 0.29) is 17.8 Å². The molecule has 0 saturated carbocycles. The summed E-state index contributed by atoms with van der Waals surface area (Å²) >= 11 is 0. The lowest BCUT2D eigenvalue weighted by Gasteiger charge is -2.25. The summed E-state index contributed by atoms with van der Waals surface area (Å²) in [6, 6.07) is 9.78. The predicted octanol–water partition coefficient (Wildman–Crippen LogP) is 3.71. The summed E-state index contributed by atoms with van der Waals surface area (Å²) in [6.45, 7) is 4.73. The number of furan rings is 1. The predicted molar refractivity (Wildman–Crippen MR) is 91.4 cm³/mol. The minimum absolute atomic E-state index is 0.0167. The lowest BCUT2D eigenvalue weighted by Crippen LogP contribution is -2.37. The van der Waals surface area contributed by atoms with Gasteiger partial charge in [0.15, 0.2) is 5.76 Å². The number of hydrogen-bond donors (Lipinski definition) is 0. The topological polar surface area (TPSA) is 51.3 Å². The van der Waals surface area contributed by atoms with Gasteiger partial charge in [-0.3, -0.25) is 4.79 Å². The summed E-state index contributed by atoms with van der Waals surface area (Å²) in [5, 5.41) is 0. The Labute approximate surface area is 145 Å². The zero-order chi connectivity index (χ0) is 17.8. The monoisotopic (exact) mass is 341 g/mol. The van der Waals surface area contributed by atoms with Crippen molar-refractivity contribution in [2.75, 3.05) is 0 Å². The normalized spacial score (nSPS) is 11.0. The number of hydrogen-bond acceptors (Lipinski definition) is 3. The van der Waals surface area contributed by atoms with Crippen LogP contribution in [0.1, 0.15) is 35.8 Å². The first-order chi connectivity index (χ1) is 12.0. The number of aromatic nitrogens is 2. The van der Waals surface area contributed by atoms with E-state index in [0.29, 0.717) is 18.8 Å². The molecule has 1 aromatic carbocycles. The molecule has 0 radical (unpaired) electrons. The highest BCUT2D eigenvalue weighted by molar-refractivity contribution is 5.91. The lowest BCUT2D eigenvalue weighted by atomic mass is 10.2. The molecule has 0 aliphatic heterocycles. The van der Waals surface area contributed by atoms with Crippen molar-refractivity contribution >= 4 is 5.91 Å². The smallest absolute Gasteiger partial charge is 0.290 e. The average Bonchev–Trinajstić information content (AvgIpc) is 3.24. The third kappa shape index (κ3) is 3.96. The fraction of sp³-hybridized carbons (Fsp3) is 0.263. The fourth-order valence-corrected chi connectivity index (χ4v) is 2.65. The van der Waals surface area contributed by atoms with Gasteiger partial charge in [-0.15, -0.1) is 0 Å². The number of benzene rings is 1. The van der Waals surface area contributed by atoms with E-state index < -0.39 is 0 Å². The van der Waals surface area contributed by atoms with E-state index in [1.54, 1.807) is 29.3 Å². The molecule has 0 aliphatic rings. The Hall–Kier alpha value is -2.89. The number of carbonyl (C=O) groups excluding carboxylic acids is 1. The van der Waals surface area contributed by atoms with E-state index in [0.717, 1.165) is 11.4 Å². The van der Waals surface area contributed by atoms with Gasteiger partial charge in [-0.1, -0.05) is 12.1 Å². The van der Waals surface area contributed by atoms with Crippen LogP contribution in [0, 0.1) is 5.82 Å². The van der Waals surface area contributed by atoms with Gasteiger partial charge in [0.25, 0.3) is 5.91 Å². The first-order valence-corrected chi connectivity index (χ1v) is 8.13. The van der Waals surface area contributed by atoms with Crippen molar-refractivity contribution < 1.29 is 13.6 Å². The Kier molecular flexibility index (Phi) is 4.97. The quantitative estimate of drug-likeness (QED) is 0.687. The zero-order valence-electron chi connectivity index (χ0n) is 14.2. The zero-order valence-corrected chi connectivity index (χ0v) is 14.2. The molecule has 0 fully saturated rings. The molecule has 25 heavy (non-hydrogen) atoms. The van der Waals surface area contributed by atoms with Crippen LogP contribution in [-0.2, 0) is 13.1 Å². The summed E-state index contributed by atoms with van der Waals surface area (Å²) in [7, 11) is 0. The molecule has 6 heteroatoms. The molecule has 0 spiro atoms. The van der Waals surface area contributed by atoms with Crippen LogP contribution in [0.15, 0.2) is 59.5 Å². The van der Waals surface area contributed by atoms with Gasteiger partial charge in [-0.05, 0) is 43.7 Å². The third-order valence-electron chi connectivity index (χ3n) is 3.97. The van der Waals surface area contributed by atoms with Crippen LogP contribution in [0.2, 0.25) is 0 Å². The lowest BCUT2D eigenvalue weighted by molar-refractivity contribution is 0.0650. The van der Waals surface area contributed by atoms with Crippen LogP contribution >= 0.6 is 0 Å². The maximum Gasteiger partial charge on any atom is 0.290 e. The van der Waals surface area contributed by atoms with Crippen LogP contribution in [0.3, 0.4) is 0 Å². The molecule has 3 aromatic rings. The fourth-order valence-electron chi connectivity index (χ4n) is 2.65. The van der Waals surface area contributed by atoms with Crippen LogP contribution in [0.25, 0.3) is 0 Å². The van der Waals surface area contributed by atoms with Gasteiger partial charge in [0, 0.05) is 25.0 Å². The Morgan fingerprint density at radius 3 is 2.84 bits per heavy atom. The van der Waals surface area contributed by atoms with Crippen molar-refractivity contribution in [2.24, 2.45) is 0 Å². The van der Waals surface area contributed by atoms with Gasteiger partial charge in [0.1, 0.15) is 11.6 Å². The maximum absolute atomic E-state index is 13.4. The average molecular weight is 341 g/mol. The molecule has 0 aliphatic carbocycles. The number of imidazole rings is 1. The van der Waals surface area contributed by atoms with Gasteiger partial charge in [-0.2, -0.15) is 0 Å². The van der Waals surface area contributed by atoms with E-state index in [2.05, 4.69) is 4.98 Å².